The van der Waals surface area contributed by atoms with Crippen LogP contribution in [0, 0.1) is 0 Å². The number of nitrogens with zero attached hydrogens (tertiary/aromatic N) is 1. The third-order valence-corrected chi connectivity index (χ3v) is 6.42. The Morgan fingerprint density at radius 3 is 2.50 bits per heavy atom. The Labute approximate surface area is 179 Å². The molecule has 1 aliphatic carbocycles. The predicted molar refractivity (Wildman–Crippen MR) is 118 cm³/mol. The summed E-state index contributed by atoms with van der Waals surface area (Å²) in [7, 11) is 0. The van der Waals surface area contributed by atoms with Gasteiger partial charge in [-0.1, -0.05) is 11.8 Å². The van der Waals surface area contributed by atoms with Gasteiger partial charge in [-0.25, -0.2) is 0 Å². The molecule has 3 aromatic rings. The molecule has 0 aliphatic heterocycles. The van der Waals surface area contributed by atoms with Crippen LogP contribution in [0.1, 0.15) is 36.0 Å². The summed E-state index contributed by atoms with van der Waals surface area (Å²) in [6.07, 6.45) is 4.97. The number of amides is 1. The molecule has 1 fully saturated rings. The highest BCUT2D eigenvalue weighted by molar-refractivity contribution is 7.99. The molecule has 1 aliphatic rings. The van der Waals surface area contributed by atoms with Gasteiger partial charge in [0.05, 0.1) is 16.7 Å². The molecule has 5 N–H and O–H groups in total. The Morgan fingerprint density at radius 1 is 1.07 bits per heavy atom. The van der Waals surface area contributed by atoms with E-state index in [4.69, 9.17) is 5.73 Å². The summed E-state index contributed by atoms with van der Waals surface area (Å²) < 4.78 is 2.05. The van der Waals surface area contributed by atoms with Gasteiger partial charge in [-0.2, -0.15) is 0 Å². The van der Waals surface area contributed by atoms with Crippen LogP contribution in [0.4, 0.5) is 5.69 Å². The van der Waals surface area contributed by atoms with Crippen molar-refractivity contribution in [1.29, 1.82) is 0 Å². The molecule has 1 saturated carbocycles. The van der Waals surface area contributed by atoms with Crippen LogP contribution < -0.4 is 11.1 Å². The number of nitrogens with one attached hydrogen (secondary N) is 1. The number of nitrogens with two attached hydrogens (primary N) is 1. The monoisotopic (exact) mass is 423 g/mol. The van der Waals surface area contributed by atoms with Crippen molar-refractivity contribution in [2.24, 2.45) is 5.73 Å². The molecular formula is C23H25N3O3S. The molecule has 7 heteroatoms. The quantitative estimate of drug-likeness (QED) is 0.477. The number of benzene rings is 2. The summed E-state index contributed by atoms with van der Waals surface area (Å²) in [5, 5.41) is 23.7. The van der Waals surface area contributed by atoms with Crippen LogP contribution in [-0.2, 0) is 0 Å². The van der Waals surface area contributed by atoms with E-state index in [-0.39, 0.29) is 17.9 Å². The molecule has 2 aromatic carbocycles. The van der Waals surface area contributed by atoms with Crippen molar-refractivity contribution in [3.63, 3.8) is 0 Å². The van der Waals surface area contributed by atoms with Gasteiger partial charge in [0.1, 0.15) is 5.75 Å². The lowest BCUT2D eigenvalue weighted by Crippen LogP contribution is -2.29. The molecule has 0 atom stereocenters. The maximum absolute atomic E-state index is 12.0. The second kappa shape index (κ2) is 8.85. The fourth-order valence-electron chi connectivity index (χ4n) is 3.75. The highest BCUT2D eigenvalue weighted by Gasteiger charge is 2.21. The van der Waals surface area contributed by atoms with Gasteiger partial charge in [-0.05, 0) is 80.3 Å². The minimum atomic E-state index is -0.467. The van der Waals surface area contributed by atoms with Crippen molar-refractivity contribution < 1.29 is 15.0 Å². The zero-order valence-corrected chi connectivity index (χ0v) is 17.3. The molecule has 156 valence electrons. The maximum Gasteiger partial charge on any atom is 0.250 e. The smallest absolute Gasteiger partial charge is 0.250 e. The number of aromatic hydroxyl groups is 1. The SMILES string of the molecule is NC(=O)c1ccc(-n2cccc2Sc2ccc(O)cc2)cc1N[C@H]1CC[C@H](O)CC1. The van der Waals surface area contributed by atoms with Crippen molar-refractivity contribution in [2.45, 2.75) is 47.8 Å². The van der Waals surface area contributed by atoms with Crippen LogP contribution in [0.3, 0.4) is 0 Å². The van der Waals surface area contributed by atoms with Crippen LogP contribution in [0.15, 0.2) is 70.7 Å². The van der Waals surface area contributed by atoms with Crippen molar-refractivity contribution in [3.05, 3.63) is 66.4 Å². The first kappa shape index (κ1) is 20.4. The highest BCUT2D eigenvalue weighted by atomic mass is 32.2. The van der Waals surface area contributed by atoms with Crippen LogP contribution in [-0.4, -0.2) is 32.8 Å². The van der Waals surface area contributed by atoms with Gasteiger partial charge < -0.3 is 25.8 Å². The minimum absolute atomic E-state index is 0.206. The number of rotatable bonds is 6. The summed E-state index contributed by atoms with van der Waals surface area (Å²) in [5.74, 6) is -0.228. The van der Waals surface area contributed by atoms with Crippen molar-refractivity contribution in [1.82, 2.24) is 4.57 Å². The number of phenolic OH excluding ortho intramolecular Hbond substituents is 1. The van der Waals surface area contributed by atoms with Gasteiger partial charge in [0.2, 0.25) is 0 Å². The largest absolute Gasteiger partial charge is 0.508 e. The molecule has 1 aromatic heterocycles. The summed E-state index contributed by atoms with van der Waals surface area (Å²) in [6, 6.07) is 16.9. The molecule has 0 bridgehead atoms. The van der Waals surface area contributed by atoms with Gasteiger partial charge >= 0.3 is 0 Å². The summed E-state index contributed by atoms with van der Waals surface area (Å²) in [5.41, 5.74) is 7.71. The van der Waals surface area contributed by atoms with E-state index in [9.17, 15) is 15.0 Å². The van der Waals surface area contributed by atoms with Crippen LogP contribution >= 0.6 is 11.8 Å². The lowest BCUT2D eigenvalue weighted by Gasteiger charge is -2.28. The van der Waals surface area contributed by atoms with Crippen LogP contribution in [0.5, 0.6) is 5.75 Å². The Bertz CT molecular complexity index is 1020. The standard InChI is InChI=1S/C23H25N3O3S/c24-23(29)20-12-5-16(14-21(20)25-15-3-6-17(27)7-4-15)26-13-1-2-22(26)30-19-10-8-18(28)9-11-19/h1-2,5,8-15,17,25,27-28H,3-4,6-7H2,(H2,24,29)/t15-,17-. The molecule has 0 radical (unpaired) electrons. The topological polar surface area (TPSA) is 101 Å². The van der Waals surface area contributed by atoms with E-state index in [0.717, 1.165) is 47.0 Å². The van der Waals surface area contributed by atoms with E-state index in [0.29, 0.717) is 5.56 Å². The van der Waals surface area contributed by atoms with Gasteiger partial charge in [0.25, 0.3) is 5.91 Å². The normalized spacial score (nSPS) is 18.8. The molecule has 6 nitrogen and oxygen atoms in total. The number of carbonyl (C=O) groups is 1. The molecule has 0 unspecified atom stereocenters. The number of hydrogen-bond donors (Lipinski definition) is 4. The van der Waals surface area contributed by atoms with Gasteiger partial charge in [0, 0.05) is 28.5 Å². The zero-order valence-electron chi connectivity index (χ0n) is 16.5. The number of aromatic nitrogens is 1. The second-order valence-electron chi connectivity index (χ2n) is 7.56. The highest BCUT2D eigenvalue weighted by Crippen LogP contribution is 2.32. The minimum Gasteiger partial charge on any atom is -0.508 e. The molecule has 0 spiro atoms. The number of phenols is 1. The van der Waals surface area contributed by atoms with Gasteiger partial charge in [-0.3, -0.25) is 4.79 Å². The van der Waals surface area contributed by atoms with Crippen LogP contribution in [0.25, 0.3) is 5.69 Å². The third kappa shape index (κ3) is 4.63. The number of primary amides is 1. The fraction of sp³-hybridized carbons (Fsp3) is 0.261. The zero-order chi connectivity index (χ0) is 21.1. The number of aliphatic hydroxyl groups is 1. The first-order valence-electron chi connectivity index (χ1n) is 10.0. The second-order valence-corrected chi connectivity index (χ2v) is 8.65. The maximum atomic E-state index is 12.0. The van der Waals surface area contributed by atoms with Crippen molar-refractivity contribution in [3.8, 4) is 11.4 Å². The van der Waals surface area contributed by atoms with Gasteiger partial charge in [-0.15, -0.1) is 0 Å². The van der Waals surface area contributed by atoms with E-state index < -0.39 is 5.91 Å². The summed E-state index contributed by atoms with van der Waals surface area (Å²) in [4.78, 5) is 13.0. The average molecular weight is 424 g/mol. The number of carbonyl (C=O) groups excluding carboxylic acids is 1. The van der Waals surface area contributed by atoms with E-state index in [1.165, 1.54) is 0 Å². The fourth-order valence-corrected chi connectivity index (χ4v) is 4.68. The molecule has 1 amide bonds. The molecule has 4 rings (SSSR count). The van der Waals surface area contributed by atoms with Gasteiger partial charge in [0.15, 0.2) is 0 Å². The van der Waals surface area contributed by atoms with E-state index in [1.54, 1.807) is 30.0 Å². The Kier molecular flexibility index (Phi) is 6.01. The lowest BCUT2D eigenvalue weighted by molar-refractivity contribution is 0.100. The third-order valence-electron chi connectivity index (χ3n) is 5.37. The Balaban J connectivity index is 1.61. The first-order valence-corrected chi connectivity index (χ1v) is 10.8. The Hall–Kier alpha value is -2.90. The predicted octanol–water partition coefficient (Wildman–Crippen LogP) is 4.15. The molecular weight excluding hydrogens is 398 g/mol. The van der Waals surface area contributed by atoms with Crippen molar-refractivity contribution >= 4 is 23.4 Å². The number of aliphatic hydroxyl groups excluding tert-OH is 1. The van der Waals surface area contributed by atoms with E-state index in [2.05, 4.69) is 9.88 Å². The molecule has 0 saturated heterocycles. The van der Waals surface area contributed by atoms with Crippen molar-refractivity contribution in [2.75, 3.05) is 5.32 Å². The summed E-state index contributed by atoms with van der Waals surface area (Å²) >= 11 is 1.59. The number of hydrogen-bond acceptors (Lipinski definition) is 5. The lowest BCUT2D eigenvalue weighted by atomic mass is 9.92. The Morgan fingerprint density at radius 2 is 1.80 bits per heavy atom. The van der Waals surface area contributed by atoms with E-state index in [1.807, 2.05) is 42.6 Å². The average Bonchev–Trinajstić information content (AvgIpc) is 3.19. The first-order chi connectivity index (χ1) is 14.5. The molecule has 1 heterocycles. The molecule has 30 heavy (non-hydrogen) atoms. The van der Waals surface area contributed by atoms with E-state index >= 15 is 0 Å². The summed E-state index contributed by atoms with van der Waals surface area (Å²) in [6.45, 7) is 0. The number of anilines is 1. The van der Waals surface area contributed by atoms with Crippen LogP contribution in [0.2, 0.25) is 0 Å².